The molecule has 0 aliphatic carbocycles. The molecule has 0 aromatic carbocycles. The van der Waals surface area contributed by atoms with Crippen molar-refractivity contribution in [2.45, 2.75) is 81.5 Å². The Labute approximate surface area is 189 Å². The Morgan fingerprint density at radius 1 is 1.00 bits per heavy atom. The van der Waals surface area contributed by atoms with Gasteiger partial charge in [0.15, 0.2) is 0 Å². The fraction of sp³-hybridized carbons (Fsp3) is 0.800. The molecule has 3 atom stereocenters. The second-order valence-electron chi connectivity index (χ2n) is 8.63. The Bertz CT molecular complexity index is 704. The van der Waals surface area contributed by atoms with Gasteiger partial charge in [0.2, 0.25) is 0 Å². The average Bonchev–Trinajstić information content (AvgIpc) is 3.31. The summed E-state index contributed by atoms with van der Waals surface area (Å²) in [6, 6.07) is -0.580. The van der Waals surface area contributed by atoms with Gasteiger partial charge in [-0.15, -0.1) is 5.06 Å². The van der Waals surface area contributed by atoms with Gasteiger partial charge in [0.25, 0.3) is 11.8 Å². The molecule has 5 N–H and O–H groups in total. The van der Waals surface area contributed by atoms with Gasteiger partial charge >= 0.3 is 12.0 Å². The topological polar surface area (TPSA) is 157 Å². The SMILES string of the molecule is O=C1N[C@H]2[C@H](CS(O)(O)[C@H]2CCCCCNCCCCCC(=O)ON2C(=O)CCC2=O)N1. The van der Waals surface area contributed by atoms with Crippen LogP contribution in [0.2, 0.25) is 0 Å². The minimum atomic E-state index is -2.66. The van der Waals surface area contributed by atoms with Gasteiger partial charge in [0, 0.05) is 19.3 Å². The second kappa shape index (κ2) is 11.3. The highest BCUT2D eigenvalue weighted by molar-refractivity contribution is 8.25. The van der Waals surface area contributed by atoms with Crippen LogP contribution in [0.4, 0.5) is 4.79 Å². The smallest absolute Gasteiger partial charge is 0.332 e. The molecule has 32 heavy (non-hydrogen) atoms. The van der Waals surface area contributed by atoms with Crippen LogP contribution in [0.25, 0.3) is 0 Å². The van der Waals surface area contributed by atoms with E-state index < -0.39 is 28.4 Å². The number of carbonyl (C=O) groups is 4. The first-order valence-corrected chi connectivity index (χ1v) is 13.1. The predicted molar refractivity (Wildman–Crippen MR) is 118 cm³/mol. The number of imide groups is 1. The zero-order chi connectivity index (χ0) is 23.1. The van der Waals surface area contributed by atoms with E-state index in [-0.39, 0.29) is 48.4 Å². The number of hydrogen-bond donors (Lipinski definition) is 5. The molecule has 3 aliphatic heterocycles. The number of rotatable bonds is 13. The Morgan fingerprint density at radius 3 is 2.34 bits per heavy atom. The monoisotopic (exact) mass is 474 g/mol. The maximum atomic E-state index is 11.7. The molecule has 12 heteroatoms. The lowest BCUT2D eigenvalue weighted by atomic mass is 10.0. The average molecular weight is 475 g/mol. The first-order valence-electron chi connectivity index (χ1n) is 11.4. The van der Waals surface area contributed by atoms with Crippen molar-refractivity contribution >= 4 is 34.4 Å². The van der Waals surface area contributed by atoms with Crippen LogP contribution in [0.5, 0.6) is 0 Å². The Balaban J connectivity index is 1.15. The number of nitrogens with one attached hydrogen (secondary N) is 3. The van der Waals surface area contributed by atoms with Crippen LogP contribution in [0.15, 0.2) is 0 Å². The second-order valence-corrected chi connectivity index (χ2v) is 11.0. The normalized spacial score (nSPS) is 27.2. The molecule has 0 unspecified atom stereocenters. The fourth-order valence-electron chi connectivity index (χ4n) is 4.44. The number of hydroxylamine groups is 2. The maximum Gasteiger partial charge on any atom is 0.333 e. The molecule has 182 valence electrons. The van der Waals surface area contributed by atoms with Gasteiger partial charge in [-0.1, -0.05) is 19.3 Å². The molecule has 4 amide bonds. The fourth-order valence-corrected chi connectivity index (χ4v) is 6.78. The van der Waals surface area contributed by atoms with Crippen LogP contribution < -0.4 is 16.0 Å². The van der Waals surface area contributed by atoms with Gasteiger partial charge in [-0.2, -0.15) is 10.6 Å². The quantitative estimate of drug-likeness (QED) is 0.153. The summed E-state index contributed by atoms with van der Waals surface area (Å²) in [6.07, 6.45) is 6.28. The van der Waals surface area contributed by atoms with E-state index in [1.54, 1.807) is 0 Å². The zero-order valence-corrected chi connectivity index (χ0v) is 19.0. The minimum Gasteiger partial charge on any atom is -0.332 e. The lowest BCUT2D eigenvalue weighted by Crippen LogP contribution is -2.38. The molecular formula is C20H34N4O7S. The number of unbranched alkanes of at least 4 members (excludes halogenated alkanes) is 4. The van der Waals surface area contributed by atoms with Gasteiger partial charge in [0.1, 0.15) is 0 Å². The van der Waals surface area contributed by atoms with Gasteiger partial charge in [0.05, 0.1) is 23.1 Å². The van der Waals surface area contributed by atoms with Crippen LogP contribution in [-0.4, -0.2) is 74.2 Å². The lowest BCUT2D eigenvalue weighted by Gasteiger charge is -2.35. The molecule has 0 spiro atoms. The van der Waals surface area contributed by atoms with E-state index in [1.807, 2.05) is 0 Å². The number of fused-ring (bicyclic) bond motifs is 1. The highest BCUT2D eigenvalue weighted by atomic mass is 32.3. The Morgan fingerprint density at radius 2 is 1.66 bits per heavy atom. The van der Waals surface area contributed by atoms with E-state index >= 15 is 0 Å². The van der Waals surface area contributed by atoms with E-state index in [1.165, 1.54) is 0 Å². The van der Waals surface area contributed by atoms with Crippen LogP contribution in [0, 0.1) is 0 Å². The van der Waals surface area contributed by atoms with Crippen molar-refractivity contribution in [2.24, 2.45) is 0 Å². The van der Waals surface area contributed by atoms with E-state index in [2.05, 4.69) is 16.0 Å². The molecule has 11 nitrogen and oxygen atoms in total. The molecule has 0 aromatic rings. The Hall–Kier alpha value is -1.89. The number of carbonyl (C=O) groups excluding carboxylic acids is 4. The summed E-state index contributed by atoms with van der Waals surface area (Å²) in [7, 11) is -2.66. The van der Waals surface area contributed by atoms with Crippen molar-refractivity contribution in [1.82, 2.24) is 21.0 Å². The van der Waals surface area contributed by atoms with Gasteiger partial charge < -0.3 is 20.8 Å². The van der Waals surface area contributed by atoms with Crippen molar-refractivity contribution < 1.29 is 33.1 Å². The lowest BCUT2D eigenvalue weighted by molar-refractivity contribution is -0.197. The number of hydrogen-bond acceptors (Lipinski definition) is 8. The zero-order valence-electron chi connectivity index (χ0n) is 18.2. The van der Waals surface area contributed by atoms with E-state index in [0.717, 1.165) is 45.2 Å². The van der Waals surface area contributed by atoms with Crippen molar-refractivity contribution in [2.75, 3.05) is 18.8 Å². The third-order valence-electron chi connectivity index (χ3n) is 6.13. The van der Waals surface area contributed by atoms with Crippen LogP contribution in [0.1, 0.15) is 64.2 Å². The number of amides is 4. The van der Waals surface area contributed by atoms with Gasteiger partial charge in [-0.25, -0.2) is 9.59 Å². The van der Waals surface area contributed by atoms with Gasteiger partial charge in [-0.3, -0.25) is 18.7 Å². The summed E-state index contributed by atoms with van der Waals surface area (Å²) >= 11 is 0. The van der Waals surface area contributed by atoms with Crippen molar-refractivity contribution in [3.8, 4) is 0 Å². The summed E-state index contributed by atoms with van der Waals surface area (Å²) in [6.45, 7) is 1.70. The molecular weight excluding hydrogens is 440 g/mol. The van der Waals surface area contributed by atoms with E-state index in [0.29, 0.717) is 17.9 Å². The summed E-state index contributed by atoms with van der Waals surface area (Å²) in [5.74, 6) is -1.24. The minimum absolute atomic E-state index is 0.0970. The largest absolute Gasteiger partial charge is 0.333 e. The maximum absolute atomic E-state index is 11.7. The third kappa shape index (κ3) is 6.56. The molecule has 3 aliphatic rings. The third-order valence-corrected chi connectivity index (χ3v) is 8.48. The summed E-state index contributed by atoms with van der Waals surface area (Å²) in [5.41, 5.74) is 0. The highest BCUT2D eigenvalue weighted by Crippen LogP contribution is 2.54. The molecule has 3 saturated heterocycles. The van der Waals surface area contributed by atoms with E-state index in [9.17, 15) is 28.3 Å². The number of urea groups is 1. The highest BCUT2D eigenvalue weighted by Gasteiger charge is 2.51. The molecule has 0 aromatic heterocycles. The van der Waals surface area contributed by atoms with Crippen LogP contribution in [-0.2, 0) is 19.2 Å². The standard InChI is InChI=1S/C20H34N4O7S/c25-16-9-10-17(26)24(16)31-18(27)8-4-2-6-12-21-11-5-1-3-7-15-19-14(13-32(15,29)30)22-20(28)23-19/h14-15,19,21,29-30H,1-13H2,(H2,22,23,28)/t14-,15-,19-/m0/s1. The Kier molecular flexibility index (Phi) is 8.74. The van der Waals surface area contributed by atoms with Crippen LogP contribution >= 0.6 is 10.6 Å². The first-order chi connectivity index (χ1) is 15.3. The number of nitrogens with zero attached hydrogens (tertiary/aromatic N) is 1. The molecule has 3 fully saturated rings. The molecule has 3 heterocycles. The van der Waals surface area contributed by atoms with Crippen LogP contribution in [0.3, 0.4) is 0 Å². The molecule has 0 saturated carbocycles. The molecule has 0 radical (unpaired) electrons. The van der Waals surface area contributed by atoms with Crippen molar-refractivity contribution in [1.29, 1.82) is 0 Å². The van der Waals surface area contributed by atoms with E-state index in [4.69, 9.17) is 4.84 Å². The summed E-state index contributed by atoms with van der Waals surface area (Å²) < 4.78 is 20.6. The predicted octanol–water partition coefficient (Wildman–Crippen LogP) is 1.49. The first kappa shape index (κ1) is 24.7. The van der Waals surface area contributed by atoms with Gasteiger partial charge in [-0.05, 0) is 38.8 Å². The summed E-state index contributed by atoms with van der Waals surface area (Å²) in [4.78, 5) is 50.8. The molecule has 3 rings (SSSR count). The summed E-state index contributed by atoms with van der Waals surface area (Å²) in [5, 5.41) is 9.23. The molecule has 0 bridgehead atoms. The van der Waals surface area contributed by atoms with Crippen molar-refractivity contribution in [3.05, 3.63) is 0 Å². The van der Waals surface area contributed by atoms with Crippen molar-refractivity contribution in [3.63, 3.8) is 0 Å².